The van der Waals surface area contributed by atoms with Gasteiger partial charge in [0, 0.05) is 24.9 Å². The Bertz CT molecular complexity index is 476. The van der Waals surface area contributed by atoms with Crippen molar-refractivity contribution < 1.29 is 14.6 Å². The minimum absolute atomic E-state index is 0.172. The van der Waals surface area contributed by atoms with Crippen LogP contribution in [-0.4, -0.2) is 31.3 Å². The van der Waals surface area contributed by atoms with Crippen LogP contribution >= 0.6 is 0 Å². The second-order valence-corrected chi connectivity index (χ2v) is 5.30. The van der Waals surface area contributed by atoms with Crippen molar-refractivity contribution in [2.75, 3.05) is 26.0 Å². The van der Waals surface area contributed by atoms with Crippen molar-refractivity contribution in [1.29, 1.82) is 0 Å². The van der Waals surface area contributed by atoms with Gasteiger partial charge in [-0.2, -0.15) is 0 Å². The van der Waals surface area contributed by atoms with E-state index in [0.29, 0.717) is 35.4 Å². The maximum Gasteiger partial charge on any atom is 0.253 e. The molecule has 2 rings (SSSR count). The number of carbonyl (C=O) groups is 1. The van der Waals surface area contributed by atoms with Crippen molar-refractivity contribution in [2.24, 2.45) is 11.8 Å². The molecule has 1 fully saturated rings. The first kappa shape index (κ1) is 14.7. The van der Waals surface area contributed by atoms with Crippen LogP contribution in [0.5, 0.6) is 5.75 Å². The number of hydrogen-bond donors (Lipinski definition) is 3. The van der Waals surface area contributed by atoms with E-state index in [-0.39, 0.29) is 12.5 Å². The largest absolute Gasteiger partial charge is 0.497 e. The van der Waals surface area contributed by atoms with Crippen LogP contribution in [0, 0.1) is 11.8 Å². The SMILES string of the molecule is COc1ccc(C(=O)NCC2CCCC2CO)c(N)c1. The topological polar surface area (TPSA) is 84.6 Å². The third kappa shape index (κ3) is 3.22. The predicted octanol–water partition coefficient (Wildman–Crippen LogP) is 1.42. The van der Waals surface area contributed by atoms with Gasteiger partial charge in [0.1, 0.15) is 5.75 Å². The van der Waals surface area contributed by atoms with Gasteiger partial charge in [0.2, 0.25) is 0 Å². The van der Waals surface area contributed by atoms with Crippen molar-refractivity contribution in [3.8, 4) is 5.75 Å². The summed E-state index contributed by atoms with van der Waals surface area (Å²) in [5, 5.41) is 12.2. The van der Waals surface area contributed by atoms with Crippen LogP contribution in [0.2, 0.25) is 0 Å². The molecule has 0 radical (unpaired) electrons. The first-order chi connectivity index (χ1) is 9.65. The summed E-state index contributed by atoms with van der Waals surface area (Å²) >= 11 is 0. The van der Waals surface area contributed by atoms with E-state index >= 15 is 0 Å². The zero-order chi connectivity index (χ0) is 14.5. The molecule has 0 aliphatic heterocycles. The molecule has 0 saturated heterocycles. The number of aliphatic hydroxyl groups is 1. The van der Waals surface area contributed by atoms with Crippen LogP contribution in [-0.2, 0) is 0 Å². The van der Waals surface area contributed by atoms with Crippen LogP contribution in [0.15, 0.2) is 18.2 Å². The van der Waals surface area contributed by atoms with Crippen LogP contribution in [0.1, 0.15) is 29.6 Å². The van der Waals surface area contributed by atoms with E-state index in [0.717, 1.165) is 19.3 Å². The summed E-state index contributed by atoms with van der Waals surface area (Å²) < 4.78 is 5.06. The molecule has 2 atom stereocenters. The van der Waals surface area contributed by atoms with Gasteiger partial charge in [-0.15, -0.1) is 0 Å². The number of carbonyl (C=O) groups excluding carboxylic acids is 1. The monoisotopic (exact) mass is 278 g/mol. The second-order valence-electron chi connectivity index (χ2n) is 5.30. The van der Waals surface area contributed by atoms with Crippen molar-refractivity contribution >= 4 is 11.6 Å². The Morgan fingerprint density at radius 1 is 1.45 bits per heavy atom. The Kier molecular flexibility index (Phi) is 4.84. The Morgan fingerprint density at radius 2 is 2.20 bits per heavy atom. The standard InChI is InChI=1S/C15H22N2O3/c1-20-12-5-6-13(14(16)7-12)15(19)17-8-10-3-2-4-11(10)9-18/h5-7,10-11,18H,2-4,8-9,16H2,1H3,(H,17,19). The highest BCUT2D eigenvalue weighted by molar-refractivity contribution is 5.99. The molecule has 110 valence electrons. The number of ether oxygens (including phenoxy) is 1. The van der Waals surface area contributed by atoms with Crippen LogP contribution in [0.25, 0.3) is 0 Å². The van der Waals surface area contributed by atoms with Crippen molar-refractivity contribution in [1.82, 2.24) is 5.32 Å². The molecule has 1 saturated carbocycles. The molecular formula is C15H22N2O3. The van der Waals surface area contributed by atoms with E-state index in [1.807, 2.05) is 0 Å². The van der Waals surface area contributed by atoms with Gasteiger partial charge in [-0.3, -0.25) is 4.79 Å². The summed E-state index contributed by atoms with van der Waals surface area (Å²) in [6.45, 7) is 0.792. The lowest BCUT2D eigenvalue weighted by Crippen LogP contribution is -2.32. The Labute approximate surface area is 119 Å². The fourth-order valence-corrected chi connectivity index (χ4v) is 2.82. The van der Waals surface area contributed by atoms with Crippen LogP contribution in [0.4, 0.5) is 5.69 Å². The number of anilines is 1. The number of amides is 1. The average Bonchev–Trinajstić information content (AvgIpc) is 2.92. The molecule has 2 unspecified atom stereocenters. The molecule has 5 heteroatoms. The first-order valence-corrected chi connectivity index (χ1v) is 6.98. The highest BCUT2D eigenvalue weighted by Gasteiger charge is 2.27. The third-order valence-corrected chi connectivity index (χ3v) is 4.08. The fourth-order valence-electron chi connectivity index (χ4n) is 2.82. The quantitative estimate of drug-likeness (QED) is 0.711. The van der Waals surface area contributed by atoms with Gasteiger partial charge in [-0.25, -0.2) is 0 Å². The molecule has 5 nitrogen and oxygen atoms in total. The summed E-state index contributed by atoms with van der Waals surface area (Å²) in [5.74, 6) is 1.14. The van der Waals surface area contributed by atoms with Gasteiger partial charge >= 0.3 is 0 Å². The first-order valence-electron chi connectivity index (χ1n) is 6.98. The number of nitrogens with one attached hydrogen (secondary N) is 1. The summed E-state index contributed by atoms with van der Waals surface area (Å²) in [6, 6.07) is 5.03. The summed E-state index contributed by atoms with van der Waals surface area (Å²) in [4.78, 5) is 12.1. The van der Waals surface area contributed by atoms with E-state index in [1.54, 1.807) is 25.3 Å². The lowest BCUT2D eigenvalue weighted by Gasteiger charge is -2.18. The highest BCUT2D eigenvalue weighted by atomic mass is 16.5. The van der Waals surface area contributed by atoms with Crippen LogP contribution in [0.3, 0.4) is 0 Å². The fraction of sp³-hybridized carbons (Fsp3) is 0.533. The number of methoxy groups -OCH3 is 1. The number of nitrogen functional groups attached to an aromatic ring is 1. The minimum atomic E-state index is -0.172. The summed E-state index contributed by atoms with van der Waals surface area (Å²) in [5.41, 5.74) is 6.73. The van der Waals surface area contributed by atoms with E-state index in [1.165, 1.54) is 0 Å². The molecule has 0 heterocycles. The van der Waals surface area contributed by atoms with Gasteiger partial charge < -0.3 is 20.9 Å². The molecule has 0 bridgehead atoms. The maximum absolute atomic E-state index is 12.1. The second kappa shape index (κ2) is 6.61. The van der Waals surface area contributed by atoms with Gasteiger partial charge in [0.05, 0.1) is 12.7 Å². The molecular weight excluding hydrogens is 256 g/mol. The Balaban J connectivity index is 1.95. The van der Waals surface area contributed by atoms with E-state index in [2.05, 4.69) is 5.32 Å². The minimum Gasteiger partial charge on any atom is -0.497 e. The molecule has 0 aromatic heterocycles. The lowest BCUT2D eigenvalue weighted by atomic mass is 9.97. The zero-order valence-corrected chi connectivity index (χ0v) is 11.8. The molecule has 20 heavy (non-hydrogen) atoms. The normalized spacial score (nSPS) is 21.7. The number of hydrogen-bond acceptors (Lipinski definition) is 4. The molecule has 1 aliphatic rings. The van der Waals surface area contributed by atoms with Gasteiger partial charge in [-0.1, -0.05) is 6.42 Å². The van der Waals surface area contributed by atoms with Gasteiger partial charge in [-0.05, 0) is 36.8 Å². The van der Waals surface area contributed by atoms with Crippen molar-refractivity contribution in [3.05, 3.63) is 23.8 Å². The van der Waals surface area contributed by atoms with E-state index in [9.17, 15) is 9.90 Å². The van der Waals surface area contributed by atoms with Crippen LogP contribution < -0.4 is 15.8 Å². The molecule has 1 aromatic carbocycles. The zero-order valence-electron chi connectivity index (χ0n) is 11.8. The van der Waals surface area contributed by atoms with Gasteiger partial charge in [0.15, 0.2) is 0 Å². The van der Waals surface area contributed by atoms with Crippen molar-refractivity contribution in [3.63, 3.8) is 0 Å². The lowest BCUT2D eigenvalue weighted by molar-refractivity contribution is 0.0938. The average molecular weight is 278 g/mol. The summed E-state index contributed by atoms with van der Waals surface area (Å²) in [7, 11) is 1.56. The number of benzene rings is 1. The molecule has 0 spiro atoms. The number of aliphatic hydroxyl groups excluding tert-OH is 1. The maximum atomic E-state index is 12.1. The third-order valence-electron chi connectivity index (χ3n) is 4.08. The highest BCUT2D eigenvalue weighted by Crippen LogP contribution is 2.30. The predicted molar refractivity (Wildman–Crippen MR) is 77.7 cm³/mol. The van der Waals surface area contributed by atoms with Crippen molar-refractivity contribution in [2.45, 2.75) is 19.3 Å². The Hall–Kier alpha value is -1.75. The molecule has 1 aliphatic carbocycles. The van der Waals surface area contributed by atoms with Gasteiger partial charge in [0.25, 0.3) is 5.91 Å². The molecule has 1 aromatic rings. The number of rotatable bonds is 5. The van der Waals surface area contributed by atoms with E-state index in [4.69, 9.17) is 10.5 Å². The smallest absolute Gasteiger partial charge is 0.253 e. The summed E-state index contributed by atoms with van der Waals surface area (Å²) in [6.07, 6.45) is 3.22. The Morgan fingerprint density at radius 3 is 2.85 bits per heavy atom. The number of nitrogens with two attached hydrogens (primary N) is 1. The van der Waals surface area contributed by atoms with E-state index < -0.39 is 0 Å². The molecule has 1 amide bonds. The molecule has 4 N–H and O–H groups in total.